The van der Waals surface area contributed by atoms with Crippen molar-refractivity contribution in [3.05, 3.63) is 88.4 Å². The second-order valence-electron chi connectivity index (χ2n) is 6.21. The lowest BCUT2D eigenvalue weighted by atomic mass is 10.2. The fourth-order valence-electron chi connectivity index (χ4n) is 2.96. The Morgan fingerprint density at radius 1 is 0.931 bits per heavy atom. The Bertz CT molecular complexity index is 1130. The van der Waals surface area contributed by atoms with Crippen molar-refractivity contribution in [2.45, 2.75) is 10.9 Å². The first-order valence-corrected chi connectivity index (χ1v) is 10.6. The number of rotatable bonds is 6. The smallest absolute Gasteiger partial charge is 0.196 e. The predicted molar refractivity (Wildman–Crippen MR) is 119 cm³/mol. The van der Waals surface area contributed by atoms with Crippen molar-refractivity contribution in [3.63, 3.8) is 0 Å². The maximum atomic E-state index is 6.48. The van der Waals surface area contributed by atoms with Gasteiger partial charge in [0.2, 0.25) is 0 Å². The summed E-state index contributed by atoms with van der Waals surface area (Å²) >= 11 is 14.2. The van der Waals surface area contributed by atoms with E-state index in [-0.39, 0.29) is 0 Å². The Balaban J connectivity index is 1.82. The van der Waals surface area contributed by atoms with Gasteiger partial charge in [0.25, 0.3) is 0 Å². The van der Waals surface area contributed by atoms with E-state index in [0.29, 0.717) is 15.9 Å². The molecule has 0 bridgehead atoms. The Morgan fingerprint density at radius 2 is 1.69 bits per heavy atom. The number of nitrogens with zero attached hydrogens (tertiary/aromatic N) is 3. The SMILES string of the molecule is COc1ccccc1-n1c(SCc2ccccc2)nnc1-c1ccc(Cl)cc1Cl. The number of methoxy groups -OCH3 is 1. The summed E-state index contributed by atoms with van der Waals surface area (Å²) in [6.07, 6.45) is 0. The van der Waals surface area contributed by atoms with Crippen LogP contribution in [0.5, 0.6) is 5.75 Å². The number of halogens is 2. The molecule has 0 saturated carbocycles. The topological polar surface area (TPSA) is 39.9 Å². The largest absolute Gasteiger partial charge is 0.495 e. The first-order chi connectivity index (χ1) is 14.2. The minimum absolute atomic E-state index is 0.514. The van der Waals surface area contributed by atoms with Gasteiger partial charge in [0.05, 0.1) is 17.8 Å². The lowest BCUT2D eigenvalue weighted by Gasteiger charge is -2.14. The summed E-state index contributed by atoms with van der Waals surface area (Å²) in [6, 6.07) is 23.4. The van der Waals surface area contributed by atoms with Gasteiger partial charge in [-0.1, -0.05) is 77.4 Å². The molecule has 7 heteroatoms. The van der Waals surface area contributed by atoms with Crippen molar-refractivity contribution < 1.29 is 4.74 Å². The summed E-state index contributed by atoms with van der Waals surface area (Å²) in [6.45, 7) is 0. The van der Waals surface area contributed by atoms with Crippen molar-refractivity contribution in [3.8, 4) is 22.8 Å². The number of ether oxygens (including phenoxy) is 1. The highest BCUT2D eigenvalue weighted by Crippen LogP contribution is 2.36. The van der Waals surface area contributed by atoms with E-state index in [1.54, 1.807) is 31.0 Å². The molecule has 3 aromatic carbocycles. The number of hydrogen-bond acceptors (Lipinski definition) is 4. The van der Waals surface area contributed by atoms with Gasteiger partial charge in [0, 0.05) is 16.3 Å². The molecule has 0 N–H and O–H groups in total. The molecule has 4 rings (SSSR count). The van der Waals surface area contributed by atoms with Crippen LogP contribution in [0.1, 0.15) is 5.56 Å². The second-order valence-corrected chi connectivity index (χ2v) is 8.00. The van der Waals surface area contributed by atoms with Gasteiger partial charge in [0.1, 0.15) is 5.75 Å². The standard InChI is InChI=1S/C22H17Cl2N3OS/c1-28-20-10-6-5-9-19(20)27-21(17-12-11-16(23)13-18(17)24)25-26-22(27)29-14-15-7-3-2-4-8-15/h2-13H,14H2,1H3. The molecule has 0 atom stereocenters. The summed E-state index contributed by atoms with van der Waals surface area (Å²) < 4.78 is 7.56. The fraction of sp³-hybridized carbons (Fsp3) is 0.0909. The van der Waals surface area contributed by atoms with Crippen molar-refractivity contribution >= 4 is 35.0 Å². The maximum Gasteiger partial charge on any atom is 0.196 e. The van der Waals surface area contributed by atoms with E-state index in [1.807, 2.05) is 53.1 Å². The summed E-state index contributed by atoms with van der Waals surface area (Å²) in [5.74, 6) is 2.12. The van der Waals surface area contributed by atoms with Crippen molar-refractivity contribution in [1.82, 2.24) is 14.8 Å². The molecule has 0 aliphatic heterocycles. The Hall–Kier alpha value is -2.47. The third kappa shape index (κ3) is 4.27. The van der Waals surface area contributed by atoms with Crippen LogP contribution in [-0.4, -0.2) is 21.9 Å². The van der Waals surface area contributed by atoms with E-state index >= 15 is 0 Å². The third-order valence-electron chi connectivity index (χ3n) is 4.34. The summed E-state index contributed by atoms with van der Waals surface area (Å²) in [4.78, 5) is 0. The van der Waals surface area contributed by atoms with Crippen LogP contribution >= 0.6 is 35.0 Å². The average Bonchev–Trinajstić information content (AvgIpc) is 3.16. The highest BCUT2D eigenvalue weighted by atomic mass is 35.5. The van der Waals surface area contributed by atoms with Crippen LogP contribution < -0.4 is 4.74 Å². The predicted octanol–water partition coefficient (Wildman–Crippen LogP) is 6.54. The van der Waals surface area contributed by atoms with E-state index in [2.05, 4.69) is 22.3 Å². The van der Waals surface area contributed by atoms with Crippen molar-refractivity contribution in [2.75, 3.05) is 7.11 Å². The first-order valence-electron chi connectivity index (χ1n) is 8.88. The molecule has 146 valence electrons. The Kier molecular flexibility index (Phi) is 6.09. The number of hydrogen-bond donors (Lipinski definition) is 0. The van der Waals surface area contributed by atoms with Crippen LogP contribution in [0.2, 0.25) is 10.0 Å². The number of thioether (sulfide) groups is 1. The summed E-state index contributed by atoms with van der Waals surface area (Å²) in [5.41, 5.74) is 2.80. The Morgan fingerprint density at radius 3 is 2.45 bits per heavy atom. The summed E-state index contributed by atoms with van der Waals surface area (Å²) in [5, 5.41) is 10.7. The molecule has 0 spiro atoms. The molecule has 0 saturated heterocycles. The normalized spacial score (nSPS) is 10.9. The highest BCUT2D eigenvalue weighted by Gasteiger charge is 2.20. The van der Waals surface area contributed by atoms with Gasteiger partial charge in [-0.25, -0.2) is 0 Å². The first kappa shape index (κ1) is 19.8. The zero-order chi connectivity index (χ0) is 20.2. The van der Waals surface area contributed by atoms with Gasteiger partial charge in [-0.05, 0) is 35.9 Å². The van der Waals surface area contributed by atoms with E-state index in [9.17, 15) is 0 Å². The number of para-hydroxylation sites is 2. The minimum Gasteiger partial charge on any atom is -0.495 e. The van der Waals surface area contributed by atoms with Gasteiger partial charge < -0.3 is 4.74 Å². The molecular weight excluding hydrogens is 425 g/mol. The van der Waals surface area contributed by atoms with Gasteiger partial charge in [-0.15, -0.1) is 10.2 Å². The number of benzene rings is 3. The molecular formula is C22H17Cl2N3OS. The van der Waals surface area contributed by atoms with Gasteiger partial charge in [-0.2, -0.15) is 0 Å². The molecule has 0 amide bonds. The summed E-state index contributed by atoms with van der Waals surface area (Å²) in [7, 11) is 1.65. The van der Waals surface area contributed by atoms with Gasteiger partial charge >= 0.3 is 0 Å². The lowest BCUT2D eigenvalue weighted by Crippen LogP contribution is -2.02. The molecule has 29 heavy (non-hydrogen) atoms. The molecule has 0 aliphatic rings. The van der Waals surface area contributed by atoms with E-state index in [4.69, 9.17) is 27.9 Å². The third-order valence-corrected chi connectivity index (χ3v) is 5.89. The van der Waals surface area contributed by atoms with E-state index in [1.165, 1.54) is 5.56 Å². The van der Waals surface area contributed by atoms with Crippen molar-refractivity contribution in [1.29, 1.82) is 0 Å². The van der Waals surface area contributed by atoms with E-state index in [0.717, 1.165) is 27.9 Å². The monoisotopic (exact) mass is 441 g/mol. The second kappa shape index (κ2) is 8.91. The molecule has 0 radical (unpaired) electrons. The molecule has 0 aliphatic carbocycles. The molecule has 1 aromatic heterocycles. The zero-order valence-electron chi connectivity index (χ0n) is 15.5. The van der Waals surface area contributed by atoms with Crippen LogP contribution in [0, 0.1) is 0 Å². The van der Waals surface area contributed by atoms with Crippen molar-refractivity contribution in [2.24, 2.45) is 0 Å². The number of aromatic nitrogens is 3. The lowest BCUT2D eigenvalue weighted by molar-refractivity contribution is 0.412. The molecule has 0 fully saturated rings. The van der Waals surface area contributed by atoms with Crippen LogP contribution in [0.3, 0.4) is 0 Å². The zero-order valence-corrected chi connectivity index (χ0v) is 17.9. The van der Waals surface area contributed by atoms with Crippen LogP contribution in [0.15, 0.2) is 78.0 Å². The van der Waals surface area contributed by atoms with Crippen LogP contribution in [0.4, 0.5) is 0 Å². The van der Waals surface area contributed by atoms with Gasteiger partial charge in [0.15, 0.2) is 11.0 Å². The van der Waals surface area contributed by atoms with Crippen LogP contribution in [0.25, 0.3) is 17.1 Å². The van der Waals surface area contributed by atoms with Gasteiger partial charge in [-0.3, -0.25) is 4.57 Å². The Labute approximate surface area is 183 Å². The fourth-order valence-corrected chi connectivity index (χ4v) is 4.36. The molecule has 4 nitrogen and oxygen atoms in total. The van der Waals surface area contributed by atoms with Crippen LogP contribution in [-0.2, 0) is 5.75 Å². The quantitative estimate of drug-likeness (QED) is 0.318. The van der Waals surface area contributed by atoms with E-state index < -0.39 is 0 Å². The minimum atomic E-state index is 0.514. The maximum absolute atomic E-state index is 6.48. The highest BCUT2D eigenvalue weighted by molar-refractivity contribution is 7.98. The molecule has 4 aromatic rings. The average molecular weight is 442 g/mol. The molecule has 1 heterocycles. The molecule has 0 unspecified atom stereocenters.